The van der Waals surface area contributed by atoms with Crippen LogP contribution in [-0.4, -0.2) is 91.1 Å². The molecule has 2 fully saturated rings. The van der Waals surface area contributed by atoms with E-state index in [0.29, 0.717) is 38.4 Å². The third kappa shape index (κ3) is 7.32. The van der Waals surface area contributed by atoms with Crippen LogP contribution in [0.5, 0.6) is 0 Å². The maximum Gasteiger partial charge on any atom is 0.234 e. The van der Waals surface area contributed by atoms with Gasteiger partial charge in [-0.1, -0.05) is 6.07 Å². The van der Waals surface area contributed by atoms with E-state index in [4.69, 9.17) is 9.47 Å². The van der Waals surface area contributed by atoms with Crippen LogP contribution in [0.4, 0.5) is 0 Å². The summed E-state index contributed by atoms with van der Waals surface area (Å²) in [5, 5.41) is 15.6. The van der Waals surface area contributed by atoms with Gasteiger partial charge in [0.2, 0.25) is 11.8 Å². The van der Waals surface area contributed by atoms with Crippen molar-refractivity contribution in [3.05, 3.63) is 30.1 Å². The molecule has 3 N–H and O–H groups in total. The smallest absolute Gasteiger partial charge is 0.234 e. The highest BCUT2D eigenvalue weighted by atomic mass is 16.5. The maximum atomic E-state index is 12.3. The van der Waals surface area contributed by atoms with Crippen molar-refractivity contribution >= 4 is 11.8 Å². The first kappa shape index (κ1) is 22.6. The van der Waals surface area contributed by atoms with E-state index in [1.807, 2.05) is 18.2 Å². The van der Waals surface area contributed by atoms with Gasteiger partial charge in [-0.25, -0.2) is 0 Å². The monoisotopic (exact) mass is 420 g/mol. The Morgan fingerprint density at radius 2 is 2.03 bits per heavy atom. The second-order valence-corrected chi connectivity index (χ2v) is 7.76. The van der Waals surface area contributed by atoms with E-state index < -0.39 is 6.10 Å². The van der Waals surface area contributed by atoms with E-state index in [0.717, 1.165) is 25.9 Å². The Morgan fingerprint density at radius 1 is 1.20 bits per heavy atom. The third-order valence-electron chi connectivity index (χ3n) is 5.47. The van der Waals surface area contributed by atoms with Gasteiger partial charge in [0.25, 0.3) is 0 Å². The van der Waals surface area contributed by atoms with Crippen LogP contribution < -0.4 is 10.6 Å². The molecule has 2 aliphatic rings. The van der Waals surface area contributed by atoms with Crippen molar-refractivity contribution in [3.63, 3.8) is 0 Å². The van der Waals surface area contributed by atoms with Gasteiger partial charge in [-0.2, -0.15) is 0 Å². The molecule has 2 aliphatic heterocycles. The molecule has 9 heteroatoms. The molecule has 1 aromatic heterocycles. The number of aliphatic hydroxyl groups is 1. The van der Waals surface area contributed by atoms with Crippen LogP contribution in [0.1, 0.15) is 25.0 Å². The standard InChI is InChI=1S/C21H32N4O5/c26-15-19-18(24-20(27)13-16-3-1-2-7-22-16)5-4-17(30-19)6-8-23-21(28)14-25-9-11-29-12-10-25/h1-3,7,17-19,26H,4-6,8-15H2,(H,23,28)(H,24,27)/t17-,18+,19-/m0/s1. The van der Waals surface area contributed by atoms with E-state index in [1.165, 1.54) is 0 Å². The molecule has 0 radical (unpaired) electrons. The summed E-state index contributed by atoms with van der Waals surface area (Å²) in [5.41, 5.74) is 0.706. The molecule has 0 spiro atoms. The summed E-state index contributed by atoms with van der Waals surface area (Å²) in [4.78, 5) is 30.6. The molecule has 0 aromatic carbocycles. The van der Waals surface area contributed by atoms with Crippen molar-refractivity contribution in [1.82, 2.24) is 20.5 Å². The largest absolute Gasteiger partial charge is 0.394 e. The van der Waals surface area contributed by atoms with Gasteiger partial charge in [-0.3, -0.25) is 19.5 Å². The Morgan fingerprint density at radius 3 is 2.77 bits per heavy atom. The topological polar surface area (TPSA) is 113 Å². The van der Waals surface area contributed by atoms with E-state index in [2.05, 4.69) is 20.5 Å². The fraction of sp³-hybridized carbons (Fsp3) is 0.667. The van der Waals surface area contributed by atoms with Crippen LogP contribution in [0.3, 0.4) is 0 Å². The number of aliphatic hydroxyl groups excluding tert-OH is 1. The molecule has 9 nitrogen and oxygen atoms in total. The van der Waals surface area contributed by atoms with E-state index in [-0.39, 0.29) is 37.0 Å². The molecule has 1 aromatic rings. The SMILES string of the molecule is O=C(CN1CCOCC1)NCC[C@@H]1CC[C@@H](NC(=O)Cc2ccccn2)[C@H](CO)O1. The van der Waals surface area contributed by atoms with Gasteiger partial charge in [-0.05, 0) is 31.4 Å². The van der Waals surface area contributed by atoms with Crippen LogP contribution in [0.15, 0.2) is 24.4 Å². The summed E-state index contributed by atoms with van der Waals surface area (Å²) in [7, 11) is 0. The van der Waals surface area contributed by atoms with Crippen LogP contribution in [0.25, 0.3) is 0 Å². The summed E-state index contributed by atoms with van der Waals surface area (Å²) < 4.78 is 11.3. The van der Waals surface area contributed by atoms with E-state index in [9.17, 15) is 14.7 Å². The second-order valence-electron chi connectivity index (χ2n) is 7.76. The van der Waals surface area contributed by atoms with Crippen molar-refractivity contribution in [2.24, 2.45) is 0 Å². The van der Waals surface area contributed by atoms with Gasteiger partial charge in [0.1, 0.15) is 6.10 Å². The molecular formula is C21H32N4O5. The Labute approximate surface area is 177 Å². The first-order valence-electron chi connectivity index (χ1n) is 10.7. The second kappa shape index (κ2) is 11.9. The Balaban J connectivity index is 1.35. The number of aromatic nitrogens is 1. The summed E-state index contributed by atoms with van der Waals surface area (Å²) in [6.07, 6.45) is 3.55. The Bertz CT molecular complexity index is 669. The Kier molecular flexibility index (Phi) is 9.00. The lowest BCUT2D eigenvalue weighted by Gasteiger charge is -2.36. The van der Waals surface area contributed by atoms with Gasteiger partial charge in [-0.15, -0.1) is 0 Å². The quantitative estimate of drug-likeness (QED) is 0.493. The predicted molar refractivity (Wildman–Crippen MR) is 110 cm³/mol. The lowest BCUT2D eigenvalue weighted by atomic mass is 9.97. The van der Waals surface area contributed by atoms with Crippen molar-refractivity contribution in [2.75, 3.05) is 46.0 Å². The van der Waals surface area contributed by atoms with Crippen LogP contribution in [0.2, 0.25) is 0 Å². The number of morpholine rings is 1. The zero-order valence-corrected chi connectivity index (χ0v) is 17.3. The molecule has 0 saturated carbocycles. The zero-order valence-electron chi connectivity index (χ0n) is 17.3. The van der Waals surface area contributed by atoms with E-state index in [1.54, 1.807) is 6.20 Å². The molecule has 30 heavy (non-hydrogen) atoms. The number of carbonyl (C=O) groups is 2. The number of amides is 2. The average molecular weight is 421 g/mol. The summed E-state index contributed by atoms with van der Waals surface area (Å²) >= 11 is 0. The number of nitrogens with zero attached hydrogens (tertiary/aromatic N) is 2. The zero-order chi connectivity index (χ0) is 21.2. The fourth-order valence-corrected chi connectivity index (χ4v) is 3.83. The van der Waals surface area contributed by atoms with Gasteiger partial charge >= 0.3 is 0 Å². The summed E-state index contributed by atoms with van der Waals surface area (Å²) in [5.74, 6) is -0.124. The number of nitrogens with one attached hydrogen (secondary N) is 2. The van der Waals surface area contributed by atoms with Crippen molar-refractivity contribution in [1.29, 1.82) is 0 Å². The molecule has 2 saturated heterocycles. The number of rotatable bonds is 9. The maximum absolute atomic E-state index is 12.3. The van der Waals surface area contributed by atoms with Gasteiger partial charge < -0.3 is 25.2 Å². The number of carbonyl (C=O) groups excluding carboxylic acids is 2. The lowest BCUT2D eigenvalue weighted by Crippen LogP contribution is -2.51. The molecule has 3 atom stereocenters. The molecule has 0 bridgehead atoms. The van der Waals surface area contributed by atoms with Crippen LogP contribution in [-0.2, 0) is 25.5 Å². The number of pyridine rings is 1. The highest BCUT2D eigenvalue weighted by Crippen LogP contribution is 2.21. The van der Waals surface area contributed by atoms with Crippen molar-refractivity contribution in [3.8, 4) is 0 Å². The minimum Gasteiger partial charge on any atom is -0.394 e. The van der Waals surface area contributed by atoms with Gasteiger partial charge in [0, 0.05) is 31.5 Å². The highest BCUT2D eigenvalue weighted by molar-refractivity contribution is 5.78. The molecule has 0 aliphatic carbocycles. The molecule has 2 amide bonds. The molecule has 0 unspecified atom stereocenters. The number of hydrogen-bond donors (Lipinski definition) is 3. The highest BCUT2D eigenvalue weighted by Gasteiger charge is 2.31. The van der Waals surface area contributed by atoms with Crippen molar-refractivity contribution in [2.45, 2.75) is 43.9 Å². The molecular weight excluding hydrogens is 388 g/mol. The number of ether oxygens (including phenoxy) is 2. The minimum atomic E-state index is -0.444. The van der Waals surface area contributed by atoms with Crippen molar-refractivity contribution < 1.29 is 24.2 Å². The number of hydrogen-bond acceptors (Lipinski definition) is 7. The van der Waals surface area contributed by atoms with E-state index >= 15 is 0 Å². The average Bonchev–Trinajstić information content (AvgIpc) is 2.76. The third-order valence-corrected chi connectivity index (χ3v) is 5.47. The fourth-order valence-electron chi connectivity index (χ4n) is 3.83. The van der Waals surface area contributed by atoms with Crippen LogP contribution in [0, 0.1) is 0 Å². The summed E-state index contributed by atoms with van der Waals surface area (Å²) in [6.45, 7) is 3.67. The van der Waals surface area contributed by atoms with Gasteiger partial charge in [0.05, 0.1) is 44.9 Å². The first-order chi connectivity index (χ1) is 14.6. The minimum absolute atomic E-state index is 0.00563. The summed E-state index contributed by atoms with van der Waals surface area (Å²) in [6, 6.07) is 5.24. The molecule has 166 valence electrons. The lowest BCUT2D eigenvalue weighted by molar-refractivity contribution is -0.129. The van der Waals surface area contributed by atoms with Crippen LogP contribution >= 0.6 is 0 Å². The molecule has 3 heterocycles. The van der Waals surface area contributed by atoms with Gasteiger partial charge in [0.15, 0.2) is 0 Å². The normalized spacial score (nSPS) is 24.9. The first-order valence-corrected chi connectivity index (χ1v) is 10.7. The Hall–Kier alpha value is -2.07. The predicted octanol–water partition coefficient (Wildman–Crippen LogP) is -0.513. The molecule has 3 rings (SSSR count).